The predicted octanol–water partition coefficient (Wildman–Crippen LogP) is 3.16. The molecule has 78 valence electrons. The van der Waals surface area contributed by atoms with Crippen LogP contribution in [0.15, 0.2) is 11.4 Å². The predicted molar refractivity (Wildman–Crippen MR) is 64.1 cm³/mol. The highest BCUT2D eigenvalue weighted by molar-refractivity contribution is 8.00. The molecule has 1 aromatic heterocycles. The van der Waals surface area contributed by atoms with Gasteiger partial charge in [0.05, 0.1) is 0 Å². The van der Waals surface area contributed by atoms with E-state index in [0.29, 0.717) is 5.25 Å². The number of thiophene rings is 1. The molecule has 1 nitrogen and oxygen atoms in total. The lowest BCUT2D eigenvalue weighted by Crippen LogP contribution is -2.38. The van der Waals surface area contributed by atoms with Gasteiger partial charge in [-0.05, 0) is 42.5 Å². The van der Waals surface area contributed by atoms with Gasteiger partial charge in [0.2, 0.25) is 0 Å². The Hall–Kier alpha value is 0.01000. The Balaban J connectivity index is 2.29. The number of rotatable bonds is 1. The number of aryl methyl sites for hydroxylation is 1. The normalized spacial score (nSPS) is 33.2. The third kappa shape index (κ3) is 1.73. The first-order valence-electron chi connectivity index (χ1n) is 5.02. The van der Waals surface area contributed by atoms with Crippen molar-refractivity contribution in [2.75, 3.05) is 5.75 Å². The average molecular weight is 228 g/mol. The summed E-state index contributed by atoms with van der Waals surface area (Å²) in [6.07, 6.45) is 2.04. The molecule has 0 radical (unpaired) electrons. The average Bonchev–Trinajstić information content (AvgIpc) is 2.58. The lowest BCUT2D eigenvalue weighted by Gasteiger charge is -2.37. The van der Waals surface area contributed by atoms with Crippen molar-refractivity contribution in [1.29, 1.82) is 0 Å². The molecule has 2 heterocycles. The fourth-order valence-corrected chi connectivity index (χ4v) is 3.97. The van der Waals surface area contributed by atoms with Gasteiger partial charge in [-0.25, -0.2) is 0 Å². The molecule has 0 spiro atoms. The highest BCUT2D eigenvalue weighted by Gasteiger charge is 2.38. The molecule has 1 N–H and O–H groups in total. The molecule has 0 aromatic carbocycles. The molecule has 2 rings (SSSR count). The lowest BCUT2D eigenvalue weighted by atomic mass is 9.88. The van der Waals surface area contributed by atoms with Gasteiger partial charge in [-0.2, -0.15) is 11.8 Å². The van der Waals surface area contributed by atoms with Crippen LogP contribution in [0.25, 0.3) is 0 Å². The van der Waals surface area contributed by atoms with Crippen molar-refractivity contribution in [2.45, 2.75) is 37.5 Å². The van der Waals surface area contributed by atoms with Gasteiger partial charge in [0.25, 0.3) is 0 Å². The smallest absolute Gasteiger partial charge is 0.102 e. The Kier molecular flexibility index (Phi) is 2.91. The van der Waals surface area contributed by atoms with Crippen molar-refractivity contribution in [1.82, 2.24) is 0 Å². The molecule has 1 saturated heterocycles. The van der Waals surface area contributed by atoms with Crippen LogP contribution in [-0.2, 0) is 5.60 Å². The minimum atomic E-state index is -0.576. The zero-order valence-corrected chi connectivity index (χ0v) is 10.3. The number of hydrogen-bond acceptors (Lipinski definition) is 3. The van der Waals surface area contributed by atoms with E-state index in [2.05, 4.69) is 25.3 Å². The largest absolute Gasteiger partial charge is 0.384 e. The van der Waals surface area contributed by atoms with Gasteiger partial charge in [0.15, 0.2) is 0 Å². The second kappa shape index (κ2) is 3.87. The molecular weight excluding hydrogens is 212 g/mol. The van der Waals surface area contributed by atoms with Crippen LogP contribution >= 0.6 is 23.1 Å². The van der Waals surface area contributed by atoms with Crippen LogP contribution < -0.4 is 0 Å². The molecule has 1 aliphatic rings. The molecule has 1 fully saturated rings. The molecule has 3 heteroatoms. The van der Waals surface area contributed by atoms with Gasteiger partial charge >= 0.3 is 0 Å². The molecule has 2 unspecified atom stereocenters. The van der Waals surface area contributed by atoms with E-state index in [-0.39, 0.29) is 0 Å². The standard InChI is InChI=1S/C11H16OS2/c1-8-6-10(7-14-8)11(12)4-3-5-13-9(11)2/h6-7,9,12H,3-5H2,1-2H3. The first kappa shape index (κ1) is 10.5. The van der Waals surface area contributed by atoms with E-state index in [0.717, 1.165) is 18.4 Å². The number of aliphatic hydroxyl groups is 1. The molecule has 14 heavy (non-hydrogen) atoms. The van der Waals surface area contributed by atoms with E-state index in [9.17, 15) is 5.11 Å². The van der Waals surface area contributed by atoms with Crippen LogP contribution in [0.2, 0.25) is 0 Å². The maximum Gasteiger partial charge on any atom is 0.102 e. The summed E-state index contributed by atoms with van der Waals surface area (Å²) in [7, 11) is 0. The van der Waals surface area contributed by atoms with E-state index in [1.54, 1.807) is 11.3 Å². The van der Waals surface area contributed by atoms with E-state index in [1.807, 2.05) is 11.8 Å². The first-order chi connectivity index (χ1) is 6.63. The van der Waals surface area contributed by atoms with Gasteiger partial charge in [-0.1, -0.05) is 6.92 Å². The van der Waals surface area contributed by atoms with E-state index >= 15 is 0 Å². The summed E-state index contributed by atoms with van der Waals surface area (Å²) in [5, 5.41) is 13.0. The van der Waals surface area contributed by atoms with Crippen molar-refractivity contribution < 1.29 is 5.11 Å². The summed E-state index contributed by atoms with van der Waals surface area (Å²) < 4.78 is 0. The summed E-state index contributed by atoms with van der Waals surface area (Å²) in [6, 6.07) is 2.13. The fourth-order valence-electron chi connectivity index (χ4n) is 1.99. The van der Waals surface area contributed by atoms with Gasteiger partial charge in [-0.3, -0.25) is 0 Å². The summed E-state index contributed by atoms with van der Waals surface area (Å²) >= 11 is 3.61. The monoisotopic (exact) mass is 228 g/mol. The maximum atomic E-state index is 10.6. The number of thioether (sulfide) groups is 1. The SMILES string of the molecule is Cc1cc(C2(O)CCCSC2C)cs1. The highest BCUT2D eigenvalue weighted by atomic mass is 32.2. The zero-order valence-electron chi connectivity index (χ0n) is 8.62. The van der Waals surface area contributed by atoms with Crippen LogP contribution in [0.1, 0.15) is 30.2 Å². The van der Waals surface area contributed by atoms with E-state index in [1.165, 1.54) is 10.6 Å². The Morgan fingerprint density at radius 1 is 1.57 bits per heavy atom. The Morgan fingerprint density at radius 2 is 2.36 bits per heavy atom. The van der Waals surface area contributed by atoms with Crippen LogP contribution in [0.4, 0.5) is 0 Å². The Bertz CT molecular complexity index is 321. The van der Waals surface area contributed by atoms with Gasteiger partial charge in [0.1, 0.15) is 5.60 Å². The van der Waals surface area contributed by atoms with Crippen molar-refractivity contribution in [2.24, 2.45) is 0 Å². The molecule has 0 aliphatic carbocycles. The molecule has 0 saturated carbocycles. The summed E-state index contributed by atoms with van der Waals surface area (Å²) in [4.78, 5) is 1.29. The van der Waals surface area contributed by atoms with Crippen LogP contribution in [0.3, 0.4) is 0 Å². The van der Waals surface area contributed by atoms with Gasteiger partial charge in [0, 0.05) is 10.1 Å². The van der Waals surface area contributed by atoms with Crippen LogP contribution in [-0.4, -0.2) is 16.1 Å². The van der Waals surface area contributed by atoms with E-state index in [4.69, 9.17) is 0 Å². The maximum absolute atomic E-state index is 10.6. The lowest BCUT2D eigenvalue weighted by molar-refractivity contribution is 0.0258. The number of hydrogen-bond donors (Lipinski definition) is 1. The summed E-state index contributed by atoms with van der Waals surface area (Å²) in [5.74, 6) is 1.19. The van der Waals surface area contributed by atoms with Crippen molar-refractivity contribution in [3.05, 3.63) is 21.9 Å². The Morgan fingerprint density at radius 3 is 2.93 bits per heavy atom. The van der Waals surface area contributed by atoms with Crippen LogP contribution in [0.5, 0.6) is 0 Å². The quantitative estimate of drug-likeness (QED) is 0.797. The van der Waals surface area contributed by atoms with Crippen LogP contribution in [0, 0.1) is 6.92 Å². The third-order valence-electron chi connectivity index (χ3n) is 2.97. The first-order valence-corrected chi connectivity index (χ1v) is 6.95. The van der Waals surface area contributed by atoms with E-state index < -0.39 is 5.60 Å². The molecule has 2 atom stereocenters. The highest BCUT2D eigenvalue weighted by Crippen LogP contribution is 2.42. The zero-order chi connectivity index (χ0) is 10.2. The second-order valence-electron chi connectivity index (χ2n) is 3.99. The molecule has 1 aliphatic heterocycles. The molecule has 1 aromatic rings. The van der Waals surface area contributed by atoms with Crippen molar-refractivity contribution in [3.8, 4) is 0 Å². The van der Waals surface area contributed by atoms with Gasteiger partial charge in [-0.15, -0.1) is 11.3 Å². The van der Waals surface area contributed by atoms with Crippen molar-refractivity contribution in [3.63, 3.8) is 0 Å². The molecule has 0 bridgehead atoms. The molecular formula is C11H16OS2. The van der Waals surface area contributed by atoms with Gasteiger partial charge < -0.3 is 5.11 Å². The topological polar surface area (TPSA) is 20.2 Å². The fraction of sp³-hybridized carbons (Fsp3) is 0.636. The minimum Gasteiger partial charge on any atom is -0.384 e. The molecule has 0 amide bonds. The minimum absolute atomic E-state index is 0.324. The Labute approximate surface area is 93.5 Å². The summed E-state index contributed by atoms with van der Waals surface area (Å²) in [6.45, 7) is 4.23. The third-order valence-corrected chi connectivity index (χ3v) is 5.25. The van der Waals surface area contributed by atoms with Crippen molar-refractivity contribution >= 4 is 23.1 Å². The summed E-state index contributed by atoms with van der Waals surface area (Å²) in [5.41, 5.74) is 0.549. The second-order valence-corrected chi connectivity index (χ2v) is 6.55.